The van der Waals surface area contributed by atoms with Crippen molar-refractivity contribution in [2.45, 2.75) is 32.9 Å². The number of carbonyl (C=O) groups is 1. The maximum absolute atomic E-state index is 12.3. The normalized spacial score (nSPS) is 11.3. The zero-order valence-corrected chi connectivity index (χ0v) is 14.6. The zero-order chi connectivity index (χ0) is 17.9. The molecule has 0 bridgehead atoms. The molecule has 0 fully saturated rings. The summed E-state index contributed by atoms with van der Waals surface area (Å²) in [4.78, 5) is 25.3. The Hall–Kier alpha value is -3.22. The van der Waals surface area contributed by atoms with Crippen molar-refractivity contribution >= 4 is 22.6 Å². The van der Waals surface area contributed by atoms with Crippen LogP contribution < -0.4 is 5.32 Å². The minimum absolute atomic E-state index is 0.00819. The molecule has 4 rings (SSSR count). The lowest BCUT2D eigenvalue weighted by Gasteiger charge is -2.09. The highest BCUT2D eigenvalue weighted by Crippen LogP contribution is 2.17. The number of rotatable bonds is 6. The summed E-state index contributed by atoms with van der Waals surface area (Å²) >= 11 is 0. The first-order chi connectivity index (χ1) is 12.8. The minimum atomic E-state index is 0.00819. The Labute approximate surface area is 150 Å². The molecule has 0 aliphatic heterocycles. The summed E-state index contributed by atoms with van der Waals surface area (Å²) < 4.78 is 4.06. The van der Waals surface area contributed by atoms with Gasteiger partial charge in [0.25, 0.3) is 0 Å². The van der Waals surface area contributed by atoms with Crippen molar-refractivity contribution in [1.82, 2.24) is 29.2 Å². The molecule has 132 valence electrons. The van der Waals surface area contributed by atoms with E-state index in [-0.39, 0.29) is 5.91 Å². The average Bonchev–Trinajstić information content (AvgIpc) is 3.25. The molecule has 0 radical (unpaired) electrons. The second kappa shape index (κ2) is 6.95. The Morgan fingerprint density at radius 1 is 1.23 bits per heavy atom. The van der Waals surface area contributed by atoms with E-state index in [9.17, 15) is 4.79 Å². The SMILES string of the molecule is CCc1nc2ccccc2n1CCC(=O)NCc1cnc2cnccn12. The van der Waals surface area contributed by atoms with Gasteiger partial charge in [0, 0.05) is 31.8 Å². The minimum Gasteiger partial charge on any atom is -0.350 e. The highest BCUT2D eigenvalue weighted by molar-refractivity contribution is 5.78. The number of para-hydroxylation sites is 2. The molecular weight excluding hydrogens is 328 g/mol. The van der Waals surface area contributed by atoms with Crippen molar-refractivity contribution in [1.29, 1.82) is 0 Å². The van der Waals surface area contributed by atoms with E-state index in [0.717, 1.165) is 34.6 Å². The summed E-state index contributed by atoms with van der Waals surface area (Å²) in [5.41, 5.74) is 3.75. The molecule has 7 nitrogen and oxygen atoms in total. The Balaban J connectivity index is 1.41. The van der Waals surface area contributed by atoms with Gasteiger partial charge in [0.1, 0.15) is 5.82 Å². The molecule has 0 aliphatic carbocycles. The second-order valence-corrected chi connectivity index (χ2v) is 6.10. The van der Waals surface area contributed by atoms with Gasteiger partial charge in [-0.3, -0.25) is 14.2 Å². The van der Waals surface area contributed by atoms with E-state index in [0.29, 0.717) is 19.5 Å². The molecule has 1 N–H and O–H groups in total. The molecule has 1 amide bonds. The lowest BCUT2D eigenvalue weighted by atomic mass is 10.3. The largest absolute Gasteiger partial charge is 0.350 e. The quantitative estimate of drug-likeness (QED) is 0.580. The molecule has 0 atom stereocenters. The van der Waals surface area contributed by atoms with Gasteiger partial charge in [0.15, 0.2) is 5.65 Å². The van der Waals surface area contributed by atoms with Gasteiger partial charge >= 0.3 is 0 Å². The van der Waals surface area contributed by atoms with Gasteiger partial charge in [0.05, 0.1) is 35.7 Å². The summed E-state index contributed by atoms with van der Waals surface area (Å²) in [5, 5.41) is 2.97. The third-order valence-electron chi connectivity index (χ3n) is 4.47. The highest BCUT2D eigenvalue weighted by atomic mass is 16.1. The van der Waals surface area contributed by atoms with Gasteiger partial charge in [-0.2, -0.15) is 0 Å². The molecular formula is C19H20N6O. The summed E-state index contributed by atoms with van der Waals surface area (Å²) in [6.45, 7) is 3.14. The summed E-state index contributed by atoms with van der Waals surface area (Å²) in [5.74, 6) is 1.02. The molecule has 1 aromatic carbocycles. The maximum atomic E-state index is 12.3. The van der Waals surface area contributed by atoms with Crippen molar-refractivity contribution < 1.29 is 4.79 Å². The summed E-state index contributed by atoms with van der Waals surface area (Å²) in [7, 11) is 0. The molecule has 0 aliphatic rings. The number of fused-ring (bicyclic) bond motifs is 2. The van der Waals surface area contributed by atoms with Crippen molar-refractivity contribution in [3.8, 4) is 0 Å². The summed E-state index contributed by atoms with van der Waals surface area (Å²) in [6.07, 6.45) is 8.25. The predicted octanol–water partition coefficient (Wildman–Crippen LogP) is 2.35. The van der Waals surface area contributed by atoms with Crippen molar-refractivity contribution in [2.24, 2.45) is 0 Å². The first kappa shape index (κ1) is 16.3. The Kier molecular flexibility index (Phi) is 4.35. The predicted molar refractivity (Wildman–Crippen MR) is 98.6 cm³/mol. The topological polar surface area (TPSA) is 77.1 Å². The molecule has 0 spiro atoms. The molecule has 0 unspecified atom stereocenters. The molecule has 4 aromatic rings. The fourth-order valence-electron chi connectivity index (χ4n) is 3.16. The number of hydrogen-bond acceptors (Lipinski definition) is 4. The highest BCUT2D eigenvalue weighted by Gasteiger charge is 2.11. The number of imidazole rings is 2. The van der Waals surface area contributed by atoms with Crippen LogP contribution in [0.15, 0.2) is 49.1 Å². The van der Waals surface area contributed by atoms with Gasteiger partial charge in [-0.25, -0.2) is 9.97 Å². The van der Waals surface area contributed by atoms with E-state index in [4.69, 9.17) is 0 Å². The van der Waals surface area contributed by atoms with Crippen LogP contribution in [0.5, 0.6) is 0 Å². The molecule has 7 heteroatoms. The van der Waals surface area contributed by atoms with Crippen LogP contribution in [0.1, 0.15) is 24.9 Å². The van der Waals surface area contributed by atoms with E-state index in [1.165, 1.54) is 0 Å². The smallest absolute Gasteiger partial charge is 0.222 e. The standard InChI is InChI=1S/C19H20N6O/c1-2-17-23-15-5-3-4-6-16(15)25(17)9-7-19(26)22-12-14-11-21-18-13-20-8-10-24(14)18/h3-6,8,10-11,13H,2,7,9,12H2,1H3,(H,22,26). The van der Waals surface area contributed by atoms with Crippen LogP contribution in [-0.4, -0.2) is 29.8 Å². The Morgan fingerprint density at radius 3 is 3.00 bits per heavy atom. The van der Waals surface area contributed by atoms with Crippen LogP contribution in [0.25, 0.3) is 16.7 Å². The first-order valence-electron chi connectivity index (χ1n) is 8.73. The first-order valence-corrected chi connectivity index (χ1v) is 8.73. The number of benzene rings is 1. The van der Waals surface area contributed by atoms with E-state index >= 15 is 0 Å². The zero-order valence-electron chi connectivity index (χ0n) is 14.6. The average molecular weight is 348 g/mol. The van der Waals surface area contributed by atoms with Gasteiger partial charge in [-0.15, -0.1) is 0 Å². The lowest BCUT2D eigenvalue weighted by Crippen LogP contribution is -2.24. The van der Waals surface area contributed by atoms with Crippen molar-refractivity contribution in [3.05, 3.63) is 60.6 Å². The number of aromatic nitrogens is 5. The number of aryl methyl sites for hydroxylation is 2. The van der Waals surface area contributed by atoms with E-state index in [1.807, 2.05) is 34.9 Å². The van der Waals surface area contributed by atoms with E-state index in [1.54, 1.807) is 18.6 Å². The third kappa shape index (κ3) is 3.03. The molecule has 26 heavy (non-hydrogen) atoms. The monoisotopic (exact) mass is 348 g/mol. The Morgan fingerprint density at radius 2 is 2.12 bits per heavy atom. The van der Waals surface area contributed by atoms with Crippen LogP contribution in [0.2, 0.25) is 0 Å². The molecule has 3 heterocycles. The van der Waals surface area contributed by atoms with Crippen LogP contribution in [-0.2, 0) is 24.3 Å². The van der Waals surface area contributed by atoms with Crippen LogP contribution in [0.4, 0.5) is 0 Å². The van der Waals surface area contributed by atoms with Gasteiger partial charge in [-0.05, 0) is 12.1 Å². The second-order valence-electron chi connectivity index (χ2n) is 6.10. The van der Waals surface area contributed by atoms with Crippen LogP contribution >= 0.6 is 0 Å². The fourth-order valence-corrected chi connectivity index (χ4v) is 3.16. The van der Waals surface area contributed by atoms with E-state index in [2.05, 4.69) is 31.8 Å². The van der Waals surface area contributed by atoms with Crippen molar-refractivity contribution in [2.75, 3.05) is 0 Å². The van der Waals surface area contributed by atoms with Gasteiger partial charge in [0.2, 0.25) is 5.91 Å². The maximum Gasteiger partial charge on any atom is 0.222 e. The van der Waals surface area contributed by atoms with Crippen LogP contribution in [0.3, 0.4) is 0 Å². The van der Waals surface area contributed by atoms with Gasteiger partial charge < -0.3 is 9.88 Å². The van der Waals surface area contributed by atoms with E-state index < -0.39 is 0 Å². The van der Waals surface area contributed by atoms with Crippen molar-refractivity contribution in [3.63, 3.8) is 0 Å². The number of nitrogens with zero attached hydrogens (tertiary/aromatic N) is 5. The number of hydrogen-bond donors (Lipinski definition) is 1. The lowest BCUT2D eigenvalue weighted by molar-refractivity contribution is -0.121. The molecule has 0 saturated carbocycles. The van der Waals surface area contributed by atoms with Crippen LogP contribution in [0, 0.1) is 0 Å². The Bertz CT molecular complexity index is 1060. The van der Waals surface area contributed by atoms with Gasteiger partial charge in [-0.1, -0.05) is 19.1 Å². The number of carbonyl (C=O) groups excluding carboxylic acids is 1. The third-order valence-corrected chi connectivity index (χ3v) is 4.47. The number of nitrogens with one attached hydrogen (secondary N) is 1. The molecule has 3 aromatic heterocycles. The molecule has 0 saturated heterocycles. The fraction of sp³-hybridized carbons (Fsp3) is 0.263. The number of amides is 1. The summed E-state index contributed by atoms with van der Waals surface area (Å²) in [6, 6.07) is 8.04.